The minimum Gasteiger partial charge on any atom is -0.390 e. The van der Waals surface area contributed by atoms with Crippen molar-refractivity contribution in [1.29, 1.82) is 0 Å². The number of Topliss-reactive ketones (excluding diaryl/α,β-unsaturated/α-hetero) is 1. The van der Waals surface area contributed by atoms with Crippen LogP contribution in [0.2, 0.25) is 0 Å². The first-order valence-corrected chi connectivity index (χ1v) is 11.3. The van der Waals surface area contributed by atoms with E-state index < -0.39 is 23.9 Å². The normalized spacial score (nSPS) is 25.2. The zero-order valence-electron chi connectivity index (χ0n) is 18.8. The Balaban J connectivity index is 1.57. The molecule has 0 saturated heterocycles. The Morgan fingerprint density at radius 1 is 0.758 bits per heavy atom. The number of ether oxygens (including phenoxy) is 3. The minimum atomic E-state index is -1.26. The SMILES string of the molecule is C[C@@]1(OCc2ccccc2)C(=O)C[C@@H](O)[C@H](OCc2ccccc2)[C@H]1OCc1ccccc1. The number of benzene rings is 3. The van der Waals surface area contributed by atoms with Crippen LogP contribution in [0.3, 0.4) is 0 Å². The number of hydrogen-bond acceptors (Lipinski definition) is 5. The van der Waals surface area contributed by atoms with Gasteiger partial charge in [-0.05, 0) is 23.6 Å². The van der Waals surface area contributed by atoms with E-state index in [1.807, 2.05) is 91.0 Å². The van der Waals surface area contributed by atoms with Crippen molar-refractivity contribution in [2.45, 2.75) is 57.1 Å². The number of rotatable bonds is 9. The lowest BCUT2D eigenvalue weighted by Gasteiger charge is -2.45. The monoisotopic (exact) mass is 446 g/mol. The first-order valence-electron chi connectivity index (χ1n) is 11.3. The summed E-state index contributed by atoms with van der Waals surface area (Å²) in [7, 11) is 0. The van der Waals surface area contributed by atoms with Gasteiger partial charge in [0.2, 0.25) is 0 Å². The van der Waals surface area contributed by atoms with E-state index in [1.165, 1.54) is 0 Å². The second kappa shape index (κ2) is 10.9. The predicted molar refractivity (Wildman–Crippen MR) is 125 cm³/mol. The lowest BCUT2D eigenvalue weighted by molar-refractivity contribution is -0.230. The average molecular weight is 447 g/mol. The molecule has 3 aromatic carbocycles. The van der Waals surface area contributed by atoms with Gasteiger partial charge in [0.25, 0.3) is 0 Å². The van der Waals surface area contributed by atoms with E-state index in [4.69, 9.17) is 14.2 Å². The van der Waals surface area contributed by atoms with Gasteiger partial charge in [-0.15, -0.1) is 0 Å². The highest BCUT2D eigenvalue weighted by Gasteiger charge is 2.54. The van der Waals surface area contributed by atoms with Gasteiger partial charge in [-0.25, -0.2) is 0 Å². The van der Waals surface area contributed by atoms with E-state index in [-0.39, 0.29) is 25.4 Å². The van der Waals surface area contributed by atoms with Gasteiger partial charge in [0.15, 0.2) is 11.4 Å². The molecule has 33 heavy (non-hydrogen) atoms. The zero-order chi connectivity index (χ0) is 23.1. The maximum atomic E-state index is 13.2. The Morgan fingerprint density at radius 3 is 1.73 bits per heavy atom. The summed E-state index contributed by atoms with van der Waals surface area (Å²) >= 11 is 0. The van der Waals surface area contributed by atoms with Crippen molar-refractivity contribution >= 4 is 5.78 Å². The Bertz CT molecular complexity index is 1010. The highest BCUT2D eigenvalue weighted by molar-refractivity contribution is 5.89. The molecule has 172 valence electrons. The number of aliphatic hydroxyl groups is 1. The van der Waals surface area contributed by atoms with Crippen molar-refractivity contribution in [1.82, 2.24) is 0 Å². The third-order valence-corrected chi connectivity index (χ3v) is 6.11. The predicted octanol–water partition coefficient (Wildman–Crippen LogP) is 4.47. The molecule has 0 bridgehead atoms. The lowest BCUT2D eigenvalue weighted by Crippen LogP contribution is -2.64. The van der Waals surface area contributed by atoms with E-state index in [0.29, 0.717) is 6.61 Å². The van der Waals surface area contributed by atoms with Gasteiger partial charge < -0.3 is 19.3 Å². The van der Waals surface area contributed by atoms with E-state index in [2.05, 4.69) is 0 Å². The Morgan fingerprint density at radius 2 is 1.21 bits per heavy atom. The fraction of sp³-hybridized carbons (Fsp3) is 0.321. The van der Waals surface area contributed by atoms with Gasteiger partial charge in [-0.2, -0.15) is 0 Å². The van der Waals surface area contributed by atoms with Gasteiger partial charge in [0, 0.05) is 6.42 Å². The fourth-order valence-electron chi connectivity index (χ4n) is 4.13. The van der Waals surface area contributed by atoms with Crippen LogP contribution in [-0.4, -0.2) is 34.8 Å². The second-order valence-corrected chi connectivity index (χ2v) is 8.55. The van der Waals surface area contributed by atoms with Crippen molar-refractivity contribution in [2.75, 3.05) is 0 Å². The van der Waals surface area contributed by atoms with Crippen molar-refractivity contribution in [3.8, 4) is 0 Å². The molecular weight excluding hydrogens is 416 g/mol. The molecule has 1 aliphatic rings. The van der Waals surface area contributed by atoms with Crippen LogP contribution >= 0.6 is 0 Å². The molecule has 0 amide bonds. The molecule has 0 spiro atoms. The number of aliphatic hydroxyl groups excluding tert-OH is 1. The van der Waals surface area contributed by atoms with Crippen molar-refractivity contribution in [3.05, 3.63) is 108 Å². The molecule has 1 saturated carbocycles. The first-order chi connectivity index (χ1) is 16.1. The zero-order valence-corrected chi connectivity index (χ0v) is 18.8. The van der Waals surface area contributed by atoms with Gasteiger partial charge >= 0.3 is 0 Å². The lowest BCUT2D eigenvalue weighted by atomic mass is 9.78. The third kappa shape index (κ3) is 5.75. The molecule has 4 rings (SSSR count). The minimum absolute atomic E-state index is 0.0457. The number of ketones is 1. The van der Waals surface area contributed by atoms with Crippen LogP contribution in [0.25, 0.3) is 0 Å². The highest BCUT2D eigenvalue weighted by Crippen LogP contribution is 2.35. The topological polar surface area (TPSA) is 65.0 Å². The Hall–Kier alpha value is -2.83. The number of hydrogen-bond donors (Lipinski definition) is 1. The maximum absolute atomic E-state index is 13.2. The van der Waals surface area contributed by atoms with E-state index in [0.717, 1.165) is 16.7 Å². The van der Waals surface area contributed by atoms with Crippen LogP contribution in [0, 0.1) is 0 Å². The Labute approximate surface area is 194 Å². The molecule has 3 aromatic rings. The van der Waals surface area contributed by atoms with Gasteiger partial charge in [0.05, 0.1) is 25.9 Å². The molecule has 0 aromatic heterocycles. The van der Waals surface area contributed by atoms with Crippen LogP contribution in [0.1, 0.15) is 30.0 Å². The summed E-state index contributed by atoms with van der Waals surface area (Å²) in [4.78, 5) is 13.2. The van der Waals surface area contributed by atoms with Crippen molar-refractivity contribution in [3.63, 3.8) is 0 Å². The molecule has 1 N–H and O–H groups in total. The van der Waals surface area contributed by atoms with Gasteiger partial charge in [0.1, 0.15) is 12.2 Å². The second-order valence-electron chi connectivity index (χ2n) is 8.55. The summed E-state index contributed by atoms with van der Waals surface area (Å²) in [6.45, 7) is 2.59. The van der Waals surface area contributed by atoms with Gasteiger partial charge in [-0.3, -0.25) is 4.79 Å². The summed E-state index contributed by atoms with van der Waals surface area (Å²) in [6.07, 6.45) is -2.51. The standard InChI is InChI=1S/C28H30O5/c1-28(33-20-23-15-9-4-10-16-23)25(30)17-24(29)26(31-18-21-11-5-2-6-12-21)27(28)32-19-22-13-7-3-8-14-22/h2-16,24,26-27,29H,17-20H2,1H3/t24-,26+,27-,28-/m1/s1. The molecule has 0 unspecified atom stereocenters. The molecule has 5 nitrogen and oxygen atoms in total. The fourth-order valence-corrected chi connectivity index (χ4v) is 4.13. The summed E-state index contributed by atoms with van der Waals surface area (Å²) in [5.41, 5.74) is 1.65. The van der Waals surface area contributed by atoms with Crippen LogP contribution < -0.4 is 0 Å². The molecule has 1 fully saturated rings. The van der Waals surface area contributed by atoms with E-state index >= 15 is 0 Å². The van der Waals surface area contributed by atoms with Crippen LogP contribution in [0.5, 0.6) is 0 Å². The molecule has 4 atom stereocenters. The number of carbonyl (C=O) groups excluding carboxylic acids is 1. The first kappa shape index (κ1) is 23.3. The summed E-state index contributed by atoms with van der Waals surface area (Å²) in [5.74, 6) is -0.191. The average Bonchev–Trinajstić information content (AvgIpc) is 2.85. The van der Waals surface area contributed by atoms with E-state index in [1.54, 1.807) is 6.92 Å². The van der Waals surface area contributed by atoms with Crippen LogP contribution in [0.15, 0.2) is 91.0 Å². The summed E-state index contributed by atoms with van der Waals surface area (Å²) in [5, 5.41) is 10.8. The Kier molecular flexibility index (Phi) is 7.68. The van der Waals surface area contributed by atoms with Crippen molar-refractivity contribution in [2.24, 2.45) is 0 Å². The highest BCUT2D eigenvalue weighted by atomic mass is 16.6. The summed E-state index contributed by atoms with van der Waals surface area (Å²) in [6, 6.07) is 29.2. The molecule has 5 heteroatoms. The molecule has 0 aliphatic heterocycles. The molecular formula is C28H30O5. The van der Waals surface area contributed by atoms with Crippen LogP contribution in [-0.2, 0) is 38.8 Å². The maximum Gasteiger partial charge on any atom is 0.169 e. The van der Waals surface area contributed by atoms with E-state index in [9.17, 15) is 9.90 Å². The molecule has 0 radical (unpaired) electrons. The largest absolute Gasteiger partial charge is 0.390 e. The third-order valence-electron chi connectivity index (χ3n) is 6.11. The smallest absolute Gasteiger partial charge is 0.169 e. The van der Waals surface area contributed by atoms with Crippen molar-refractivity contribution < 1.29 is 24.1 Å². The molecule has 0 heterocycles. The van der Waals surface area contributed by atoms with Gasteiger partial charge in [-0.1, -0.05) is 91.0 Å². The quantitative estimate of drug-likeness (QED) is 0.526. The summed E-state index contributed by atoms with van der Waals surface area (Å²) < 4.78 is 18.7. The van der Waals surface area contributed by atoms with Crippen LogP contribution in [0.4, 0.5) is 0 Å². The number of carbonyl (C=O) groups is 1. The molecule has 1 aliphatic carbocycles.